The molecule has 1 aliphatic heterocycles. The van der Waals surface area contributed by atoms with Crippen LogP contribution in [0.3, 0.4) is 0 Å². The summed E-state index contributed by atoms with van der Waals surface area (Å²) in [6, 6.07) is 16.5. The molecule has 6 nitrogen and oxygen atoms in total. The number of halogens is 2. The number of hydrogen-bond donors (Lipinski definition) is 4. The molecule has 0 bridgehead atoms. The number of carbonyl (C=O) groups excluding carboxylic acids is 1. The van der Waals surface area contributed by atoms with Crippen molar-refractivity contribution in [3.8, 4) is 6.07 Å². The number of nitrogens with one attached hydrogen (secondary N) is 2. The van der Waals surface area contributed by atoms with Crippen LogP contribution in [0.2, 0.25) is 10.0 Å². The van der Waals surface area contributed by atoms with Crippen molar-refractivity contribution in [3.05, 3.63) is 69.7 Å². The molecule has 2 aromatic carbocycles. The number of hydrogen-bond acceptors (Lipinski definition) is 5. The van der Waals surface area contributed by atoms with Gasteiger partial charge in [0.2, 0.25) is 5.91 Å². The molecule has 0 unspecified atom stereocenters. The Hall–Kier alpha value is -2.14. The summed E-state index contributed by atoms with van der Waals surface area (Å²) in [7, 11) is 0. The number of aliphatic hydroxyl groups is 2. The minimum atomic E-state index is -1.08. The van der Waals surface area contributed by atoms with Gasteiger partial charge in [0.1, 0.15) is 5.41 Å². The molecule has 3 rings (SSSR count). The van der Waals surface area contributed by atoms with Gasteiger partial charge in [0, 0.05) is 28.0 Å². The summed E-state index contributed by atoms with van der Waals surface area (Å²) in [6.45, 7) is 3.87. The molecular formula is C26H31Cl2N3O3. The van der Waals surface area contributed by atoms with Gasteiger partial charge < -0.3 is 15.5 Å². The minimum absolute atomic E-state index is 0.201. The third kappa shape index (κ3) is 4.68. The van der Waals surface area contributed by atoms with Crippen LogP contribution in [0.4, 0.5) is 0 Å². The van der Waals surface area contributed by atoms with Crippen molar-refractivity contribution < 1.29 is 15.0 Å². The van der Waals surface area contributed by atoms with Crippen molar-refractivity contribution >= 4 is 29.1 Å². The first-order valence-corrected chi connectivity index (χ1v) is 12.3. The summed E-state index contributed by atoms with van der Waals surface area (Å²) in [5.74, 6) is -0.812. The minimum Gasteiger partial charge on any atom is -0.394 e. The Morgan fingerprint density at radius 3 is 2.41 bits per heavy atom. The second-order valence-electron chi connectivity index (χ2n) is 8.79. The van der Waals surface area contributed by atoms with E-state index in [0.717, 1.165) is 11.1 Å². The van der Waals surface area contributed by atoms with Crippen molar-refractivity contribution in [1.29, 1.82) is 5.26 Å². The van der Waals surface area contributed by atoms with E-state index in [4.69, 9.17) is 28.3 Å². The van der Waals surface area contributed by atoms with E-state index in [1.54, 1.807) is 18.2 Å². The molecular weight excluding hydrogens is 473 g/mol. The van der Waals surface area contributed by atoms with Crippen molar-refractivity contribution in [2.45, 2.75) is 62.1 Å². The first kappa shape index (κ1) is 26.5. The number of nitriles is 1. The van der Waals surface area contributed by atoms with Gasteiger partial charge in [-0.25, -0.2) is 0 Å². The lowest BCUT2D eigenvalue weighted by molar-refractivity contribution is -0.123. The molecule has 34 heavy (non-hydrogen) atoms. The van der Waals surface area contributed by atoms with Crippen molar-refractivity contribution in [2.24, 2.45) is 0 Å². The first-order chi connectivity index (χ1) is 16.3. The summed E-state index contributed by atoms with van der Waals surface area (Å²) in [5.41, 5.74) is -0.212. The lowest BCUT2D eigenvalue weighted by Crippen LogP contribution is -2.55. The zero-order valence-electron chi connectivity index (χ0n) is 19.4. The van der Waals surface area contributed by atoms with Gasteiger partial charge in [-0.1, -0.05) is 61.3 Å². The standard InChI is InChI=1S/C26H31Cl2N3O3/c1-3-25(4-2)26(16-29,18-8-10-19(27)11-9-18)22(17-6-5-7-20(28)14-17)23(31-25)24(34)30-13-12-21(33)15-32/h5-11,14,21-23,31-33H,3-4,12-13,15H2,1-2H3,(H,30,34)/t21-,22-,23+,26+/m0/s1. The highest BCUT2D eigenvalue weighted by atomic mass is 35.5. The topological polar surface area (TPSA) is 105 Å². The number of rotatable bonds is 9. The van der Waals surface area contributed by atoms with Crippen LogP contribution in [0.5, 0.6) is 0 Å². The molecule has 1 aliphatic rings. The lowest BCUT2D eigenvalue weighted by atomic mass is 9.58. The Balaban J connectivity index is 2.18. The van der Waals surface area contributed by atoms with Crippen LogP contribution in [0.1, 0.15) is 50.2 Å². The Labute approximate surface area is 210 Å². The predicted octanol–water partition coefficient (Wildman–Crippen LogP) is 3.93. The molecule has 8 heteroatoms. The fourth-order valence-corrected chi connectivity index (χ4v) is 5.71. The number of carbonyl (C=O) groups is 1. The van der Waals surface area contributed by atoms with Crippen LogP contribution < -0.4 is 10.6 Å². The Kier molecular flexibility index (Phi) is 8.62. The average Bonchev–Trinajstić information content (AvgIpc) is 3.16. The maximum absolute atomic E-state index is 13.5. The molecule has 1 saturated heterocycles. The van der Waals surface area contributed by atoms with E-state index < -0.39 is 29.0 Å². The van der Waals surface area contributed by atoms with E-state index in [2.05, 4.69) is 16.7 Å². The van der Waals surface area contributed by atoms with Gasteiger partial charge in [-0.05, 0) is 54.7 Å². The number of amides is 1. The maximum Gasteiger partial charge on any atom is 0.237 e. The van der Waals surface area contributed by atoms with Gasteiger partial charge in [0.25, 0.3) is 0 Å². The fraction of sp³-hybridized carbons (Fsp3) is 0.462. The molecule has 0 spiro atoms. The van der Waals surface area contributed by atoms with Crippen LogP contribution in [-0.4, -0.2) is 47.0 Å². The molecule has 4 N–H and O–H groups in total. The normalized spacial score (nSPS) is 24.4. The third-order valence-electron chi connectivity index (χ3n) is 7.15. The fourth-order valence-electron chi connectivity index (χ4n) is 5.39. The molecule has 1 fully saturated rings. The van der Waals surface area contributed by atoms with E-state index in [0.29, 0.717) is 22.9 Å². The molecule has 2 aromatic rings. The van der Waals surface area contributed by atoms with Gasteiger partial charge >= 0.3 is 0 Å². The smallest absolute Gasteiger partial charge is 0.237 e. The largest absolute Gasteiger partial charge is 0.394 e. The highest BCUT2D eigenvalue weighted by molar-refractivity contribution is 6.30. The molecule has 1 amide bonds. The molecule has 0 aromatic heterocycles. The second-order valence-corrected chi connectivity index (χ2v) is 9.66. The van der Waals surface area contributed by atoms with Gasteiger partial charge in [0.15, 0.2) is 0 Å². The summed E-state index contributed by atoms with van der Waals surface area (Å²) < 4.78 is 0. The van der Waals surface area contributed by atoms with Crippen molar-refractivity contribution in [2.75, 3.05) is 13.2 Å². The third-order valence-corrected chi connectivity index (χ3v) is 7.63. The predicted molar refractivity (Wildman–Crippen MR) is 134 cm³/mol. The van der Waals surface area contributed by atoms with Crippen LogP contribution in [0.15, 0.2) is 48.5 Å². The highest BCUT2D eigenvalue weighted by Crippen LogP contribution is 2.56. The summed E-state index contributed by atoms with van der Waals surface area (Å²) >= 11 is 12.5. The SMILES string of the molecule is CCC1(CC)N[C@@H](C(=O)NCC[C@H](O)CO)[C@H](c2cccc(Cl)c2)[C@@]1(C#N)c1ccc(Cl)cc1. The summed E-state index contributed by atoms with van der Waals surface area (Å²) in [5, 5.41) is 37.1. The quantitative estimate of drug-likeness (QED) is 0.414. The van der Waals surface area contributed by atoms with Crippen LogP contribution in [-0.2, 0) is 10.2 Å². The maximum atomic E-state index is 13.5. The van der Waals surface area contributed by atoms with E-state index >= 15 is 0 Å². The lowest BCUT2D eigenvalue weighted by Gasteiger charge is -2.43. The van der Waals surface area contributed by atoms with Gasteiger partial charge in [-0.15, -0.1) is 0 Å². The van der Waals surface area contributed by atoms with Gasteiger partial charge in [0.05, 0.1) is 24.8 Å². The van der Waals surface area contributed by atoms with E-state index in [9.17, 15) is 15.2 Å². The molecule has 0 saturated carbocycles. The highest BCUT2D eigenvalue weighted by Gasteiger charge is 2.65. The van der Waals surface area contributed by atoms with Gasteiger partial charge in [-0.3, -0.25) is 10.1 Å². The first-order valence-electron chi connectivity index (χ1n) is 11.6. The summed E-state index contributed by atoms with van der Waals surface area (Å²) in [6.07, 6.45) is 0.551. The zero-order valence-corrected chi connectivity index (χ0v) is 20.9. The number of benzene rings is 2. The van der Waals surface area contributed by atoms with Crippen LogP contribution in [0, 0.1) is 11.3 Å². The molecule has 4 atom stereocenters. The Morgan fingerprint density at radius 2 is 1.85 bits per heavy atom. The van der Waals surface area contributed by atoms with Crippen molar-refractivity contribution in [3.63, 3.8) is 0 Å². The van der Waals surface area contributed by atoms with Crippen LogP contribution in [0.25, 0.3) is 0 Å². The summed E-state index contributed by atoms with van der Waals surface area (Å²) in [4.78, 5) is 13.5. The van der Waals surface area contributed by atoms with Gasteiger partial charge in [-0.2, -0.15) is 5.26 Å². The zero-order chi connectivity index (χ0) is 24.9. The number of aliphatic hydroxyl groups excluding tert-OH is 2. The number of nitrogens with zero attached hydrogens (tertiary/aromatic N) is 1. The molecule has 0 aliphatic carbocycles. The van der Waals surface area contributed by atoms with E-state index in [-0.39, 0.29) is 25.5 Å². The Bertz CT molecular complexity index is 1040. The van der Waals surface area contributed by atoms with Crippen molar-refractivity contribution in [1.82, 2.24) is 10.6 Å². The Morgan fingerprint density at radius 1 is 1.18 bits per heavy atom. The van der Waals surface area contributed by atoms with E-state index in [1.807, 2.05) is 44.2 Å². The van der Waals surface area contributed by atoms with E-state index in [1.165, 1.54) is 0 Å². The second kappa shape index (κ2) is 11.1. The molecule has 1 heterocycles. The monoisotopic (exact) mass is 503 g/mol. The molecule has 0 radical (unpaired) electrons. The molecule has 182 valence electrons. The van der Waals surface area contributed by atoms with Crippen LogP contribution >= 0.6 is 23.2 Å². The average molecular weight is 504 g/mol.